The highest BCUT2D eigenvalue weighted by molar-refractivity contribution is 5.89. The molecule has 2 heterocycles. The first-order chi connectivity index (χ1) is 9.58. The molecular formula is C15H18N2O3. The Morgan fingerprint density at radius 2 is 2.15 bits per heavy atom. The number of hydrogen-bond donors (Lipinski definition) is 1. The van der Waals surface area contributed by atoms with Crippen molar-refractivity contribution in [3.8, 4) is 0 Å². The van der Waals surface area contributed by atoms with Gasteiger partial charge < -0.3 is 14.3 Å². The van der Waals surface area contributed by atoms with E-state index in [1.807, 2.05) is 30.7 Å². The van der Waals surface area contributed by atoms with Crippen LogP contribution in [0.1, 0.15) is 44.7 Å². The lowest BCUT2D eigenvalue weighted by Crippen LogP contribution is -2.07. The number of rotatable bonds is 5. The zero-order valence-electron chi connectivity index (χ0n) is 11.9. The van der Waals surface area contributed by atoms with E-state index in [2.05, 4.69) is 4.98 Å². The van der Waals surface area contributed by atoms with E-state index in [0.717, 1.165) is 23.1 Å². The van der Waals surface area contributed by atoms with Crippen molar-refractivity contribution in [1.29, 1.82) is 0 Å². The Balaban J connectivity index is 2.32. The largest absolute Gasteiger partial charge is 0.461 e. The van der Waals surface area contributed by atoms with Gasteiger partial charge in [0.15, 0.2) is 6.29 Å². The van der Waals surface area contributed by atoms with Gasteiger partial charge in [-0.2, -0.15) is 0 Å². The van der Waals surface area contributed by atoms with Crippen LogP contribution in [-0.4, -0.2) is 28.4 Å². The summed E-state index contributed by atoms with van der Waals surface area (Å²) in [5, 5.41) is 0. The summed E-state index contributed by atoms with van der Waals surface area (Å²) in [6, 6.07) is 3.57. The molecule has 0 fully saturated rings. The van der Waals surface area contributed by atoms with Crippen LogP contribution < -0.4 is 0 Å². The van der Waals surface area contributed by atoms with Gasteiger partial charge in [0.25, 0.3) is 0 Å². The van der Waals surface area contributed by atoms with Gasteiger partial charge in [0.05, 0.1) is 18.8 Å². The maximum absolute atomic E-state index is 11.8. The normalized spacial score (nSPS) is 10.6. The van der Waals surface area contributed by atoms with E-state index < -0.39 is 0 Å². The fraction of sp³-hybridized carbons (Fsp3) is 0.333. The van der Waals surface area contributed by atoms with Crippen molar-refractivity contribution in [1.82, 2.24) is 9.55 Å². The second-order valence-electron chi connectivity index (χ2n) is 4.63. The summed E-state index contributed by atoms with van der Waals surface area (Å²) in [6.07, 6.45) is 2.65. The van der Waals surface area contributed by atoms with Gasteiger partial charge in [0.1, 0.15) is 5.69 Å². The third-order valence-electron chi connectivity index (χ3n) is 3.46. The Bertz CT molecular complexity index is 638. The molecule has 2 aromatic heterocycles. The van der Waals surface area contributed by atoms with E-state index in [1.165, 1.54) is 0 Å². The van der Waals surface area contributed by atoms with Crippen LogP contribution in [0.3, 0.4) is 0 Å². The SMILES string of the molecule is CCOC(=O)c1[nH]c(Cn2cccc2C=O)c(C)c1C. The molecule has 20 heavy (non-hydrogen) atoms. The molecule has 0 spiro atoms. The smallest absolute Gasteiger partial charge is 0.355 e. The maximum atomic E-state index is 11.8. The van der Waals surface area contributed by atoms with Crippen LogP contribution >= 0.6 is 0 Å². The van der Waals surface area contributed by atoms with Crippen molar-refractivity contribution in [3.05, 3.63) is 46.5 Å². The second-order valence-corrected chi connectivity index (χ2v) is 4.63. The van der Waals surface area contributed by atoms with Crippen molar-refractivity contribution in [2.24, 2.45) is 0 Å². The second kappa shape index (κ2) is 5.77. The number of H-pyrrole nitrogens is 1. The van der Waals surface area contributed by atoms with Crippen molar-refractivity contribution < 1.29 is 14.3 Å². The van der Waals surface area contributed by atoms with Gasteiger partial charge in [-0.25, -0.2) is 4.79 Å². The number of hydrogen-bond acceptors (Lipinski definition) is 3. The molecule has 0 radical (unpaired) electrons. The van der Waals surface area contributed by atoms with Gasteiger partial charge in [0, 0.05) is 11.9 Å². The first kappa shape index (κ1) is 14.1. The molecule has 5 nitrogen and oxygen atoms in total. The summed E-state index contributed by atoms with van der Waals surface area (Å²) in [5.74, 6) is -0.345. The zero-order chi connectivity index (χ0) is 14.7. The van der Waals surface area contributed by atoms with Gasteiger partial charge in [-0.3, -0.25) is 4.79 Å². The van der Waals surface area contributed by atoms with Crippen LogP contribution in [0.4, 0.5) is 0 Å². The molecule has 0 unspecified atom stereocenters. The van der Waals surface area contributed by atoms with Crippen LogP contribution in [-0.2, 0) is 11.3 Å². The highest BCUT2D eigenvalue weighted by Gasteiger charge is 2.18. The van der Waals surface area contributed by atoms with E-state index in [4.69, 9.17) is 4.74 Å². The van der Waals surface area contributed by atoms with Gasteiger partial charge >= 0.3 is 5.97 Å². The number of aromatic amines is 1. The third-order valence-corrected chi connectivity index (χ3v) is 3.46. The van der Waals surface area contributed by atoms with Crippen LogP contribution in [0.25, 0.3) is 0 Å². The number of carbonyl (C=O) groups is 2. The molecule has 1 N–H and O–H groups in total. The van der Waals surface area contributed by atoms with Gasteiger partial charge in [0.2, 0.25) is 0 Å². The first-order valence-corrected chi connectivity index (χ1v) is 6.54. The molecule has 0 amide bonds. The minimum atomic E-state index is -0.345. The molecule has 0 saturated carbocycles. The molecule has 0 aliphatic rings. The first-order valence-electron chi connectivity index (χ1n) is 6.54. The molecule has 0 aliphatic carbocycles. The zero-order valence-corrected chi connectivity index (χ0v) is 11.9. The Kier molecular flexibility index (Phi) is 4.08. The summed E-state index contributed by atoms with van der Waals surface area (Å²) in [6.45, 7) is 6.48. The van der Waals surface area contributed by atoms with Crippen molar-refractivity contribution >= 4 is 12.3 Å². The summed E-state index contributed by atoms with van der Waals surface area (Å²) in [4.78, 5) is 25.9. The van der Waals surface area contributed by atoms with Crippen molar-refractivity contribution in [3.63, 3.8) is 0 Å². The fourth-order valence-corrected chi connectivity index (χ4v) is 2.17. The maximum Gasteiger partial charge on any atom is 0.355 e. The molecule has 0 atom stereocenters. The lowest BCUT2D eigenvalue weighted by Gasteiger charge is -2.05. The highest BCUT2D eigenvalue weighted by Crippen LogP contribution is 2.19. The summed E-state index contributed by atoms with van der Waals surface area (Å²) >= 11 is 0. The van der Waals surface area contributed by atoms with E-state index in [-0.39, 0.29) is 5.97 Å². The molecule has 0 aliphatic heterocycles. The Morgan fingerprint density at radius 1 is 1.40 bits per heavy atom. The lowest BCUT2D eigenvalue weighted by molar-refractivity contribution is 0.0519. The van der Waals surface area contributed by atoms with Crippen LogP contribution in [0.5, 0.6) is 0 Å². The molecule has 5 heteroatoms. The lowest BCUT2D eigenvalue weighted by atomic mass is 10.1. The van der Waals surface area contributed by atoms with Crippen LogP contribution in [0, 0.1) is 13.8 Å². The Labute approximate surface area is 117 Å². The average molecular weight is 274 g/mol. The Morgan fingerprint density at radius 3 is 2.80 bits per heavy atom. The number of aromatic nitrogens is 2. The van der Waals surface area contributed by atoms with Gasteiger partial charge in [-0.15, -0.1) is 0 Å². The molecule has 0 aromatic carbocycles. The Hall–Kier alpha value is -2.30. The third kappa shape index (κ3) is 2.52. The number of nitrogens with zero attached hydrogens (tertiary/aromatic N) is 1. The predicted octanol–water partition coefficient (Wildman–Crippen LogP) is 2.47. The number of aldehydes is 1. The van der Waals surface area contributed by atoms with E-state index in [1.54, 1.807) is 13.0 Å². The average Bonchev–Trinajstić information content (AvgIpc) is 2.99. The van der Waals surface area contributed by atoms with Gasteiger partial charge in [-0.05, 0) is 44.0 Å². The quantitative estimate of drug-likeness (QED) is 0.673. The van der Waals surface area contributed by atoms with E-state index in [9.17, 15) is 9.59 Å². The van der Waals surface area contributed by atoms with E-state index in [0.29, 0.717) is 24.5 Å². The number of nitrogens with one attached hydrogen (secondary N) is 1. The summed E-state index contributed by atoms with van der Waals surface area (Å²) < 4.78 is 6.86. The molecule has 0 saturated heterocycles. The van der Waals surface area contributed by atoms with Crippen molar-refractivity contribution in [2.45, 2.75) is 27.3 Å². The fourth-order valence-electron chi connectivity index (χ4n) is 2.17. The minimum absolute atomic E-state index is 0.345. The molecule has 106 valence electrons. The van der Waals surface area contributed by atoms with Crippen LogP contribution in [0.15, 0.2) is 18.3 Å². The molecule has 2 aromatic rings. The standard InChI is InChI=1S/C15H18N2O3/c1-4-20-15(19)14-11(3)10(2)13(16-14)8-17-7-5-6-12(17)9-18/h5-7,9,16H,4,8H2,1-3H3. The highest BCUT2D eigenvalue weighted by atomic mass is 16.5. The van der Waals surface area contributed by atoms with Crippen LogP contribution in [0.2, 0.25) is 0 Å². The predicted molar refractivity (Wildman–Crippen MR) is 75.1 cm³/mol. The summed E-state index contributed by atoms with van der Waals surface area (Å²) in [5.41, 5.74) is 3.90. The molecule has 2 rings (SSSR count). The number of ether oxygens (including phenoxy) is 1. The van der Waals surface area contributed by atoms with E-state index >= 15 is 0 Å². The molecule has 0 bridgehead atoms. The van der Waals surface area contributed by atoms with Gasteiger partial charge in [-0.1, -0.05) is 0 Å². The monoisotopic (exact) mass is 274 g/mol. The van der Waals surface area contributed by atoms with Crippen molar-refractivity contribution in [2.75, 3.05) is 6.61 Å². The number of carbonyl (C=O) groups excluding carboxylic acids is 2. The summed E-state index contributed by atoms with van der Waals surface area (Å²) in [7, 11) is 0. The number of esters is 1. The minimum Gasteiger partial charge on any atom is -0.461 e. The topological polar surface area (TPSA) is 64.1 Å². The molecular weight excluding hydrogens is 256 g/mol.